The lowest BCUT2D eigenvalue weighted by Crippen LogP contribution is -2.13. The van der Waals surface area contributed by atoms with Crippen LogP contribution in [0.2, 0.25) is 0 Å². The first-order valence-corrected chi connectivity index (χ1v) is 2.99. The van der Waals surface area contributed by atoms with Crippen LogP contribution in [0, 0.1) is 0 Å². The Balaban J connectivity index is 2.75. The van der Waals surface area contributed by atoms with E-state index in [1.54, 1.807) is 18.5 Å². The fraction of sp³-hybridized carbons (Fsp3) is 0.333. The Morgan fingerprint density at radius 3 is 2.60 bits per heavy atom. The molecule has 0 spiro atoms. The summed E-state index contributed by atoms with van der Waals surface area (Å²) in [6.45, 7) is 0.157. The molecule has 0 aromatic carbocycles. The van der Waals surface area contributed by atoms with Gasteiger partial charge in [0, 0.05) is 18.9 Å². The highest BCUT2D eigenvalue weighted by Crippen LogP contribution is 2.01. The van der Waals surface area contributed by atoms with Crippen LogP contribution >= 0.6 is 0 Å². The van der Waals surface area contributed by atoms with Crippen LogP contribution in [-0.2, 0) is 0 Å². The van der Waals surface area contributed by atoms with Gasteiger partial charge in [0.1, 0.15) is 6.10 Å². The molecule has 1 heterocycles. The molecule has 4 nitrogen and oxygen atoms in total. The number of nitrogens with two attached hydrogens (primary N) is 1. The Hall–Kier alpha value is -1.00. The Morgan fingerprint density at radius 2 is 2.10 bits per heavy atom. The second-order valence-electron chi connectivity index (χ2n) is 1.86. The van der Waals surface area contributed by atoms with Crippen molar-refractivity contribution in [3.63, 3.8) is 0 Å². The first kappa shape index (κ1) is 7.11. The average molecular weight is 139 g/mol. The van der Waals surface area contributed by atoms with Gasteiger partial charge in [0.25, 0.3) is 0 Å². The lowest BCUT2D eigenvalue weighted by molar-refractivity contribution is 0.176. The number of rotatable bonds is 2. The minimum Gasteiger partial charge on any atom is -0.384 e. The van der Waals surface area contributed by atoms with E-state index < -0.39 is 6.10 Å². The van der Waals surface area contributed by atoms with Gasteiger partial charge in [0.05, 0.1) is 0 Å². The molecule has 1 atom stereocenters. The van der Waals surface area contributed by atoms with Gasteiger partial charge in [-0.25, -0.2) is 9.97 Å². The van der Waals surface area contributed by atoms with Crippen molar-refractivity contribution in [2.45, 2.75) is 6.10 Å². The largest absolute Gasteiger partial charge is 0.384 e. The SMILES string of the molecule is NC[C@@H](O)c1ncccn1. The van der Waals surface area contributed by atoms with Crippen molar-refractivity contribution >= 4 is 0 Å². The van der Waals surface area contributed by atoms with Crippen molar-refractivity contribution in [1.82, 2.24) is 9.97 Å². The Morgan fingerprint density at radius 1 is 1.50 bits per heavy atom. The molecule has 0 bridgehead atoms. The highest BCUT2D eigenvalue weighted by molar-refractivity contribution is 4.92. The lowest BCUT2D eigenvalue weighted by atomic mass is 10.3. The number of aromatic nitrogens is 2. The van der Waals surface area contributed by atoms with E-state index >= 15 is 0 Å². The topological polar surface area (TPSA) is 72.0 Å². The molecule has 0 saturated carbocycles. The number of aliphatic hydroxyl groups excluding tert-OH is 1. The van der Waals surface area contributed by atoms with Gasteiger partial charge in [-0.2, -0.15) is 0 Å². The summed E-state index contributed by atoms with van der Waals surface area (Å²) in [4.78, 5) is 7.62. The molecule has 54 valence electrons. The second-order valence-corrected chi connectivity index (χ2v) is 1.86. The summed E-state index contributed by atoms with van der Waals surface area (Å²) in [5.41, 5.74) is 5.17. The molecule has 4 heteroatoms. The molecule has 0 unspecified atom stereocenters. The highest BCUT2D eigenvalue weighted by atomic mass is 16.3. The van der Waals surface area contributed by atoms with Gasteiger partial charge in [0.2, 0.25) is 0 Å². The van der Waals surface area contributed by atoms with Gasteiger partial charge in [-0.05, 0) is 6.07 Å². The van der Waals surface area contributed by atoms with Crippen LogP contribution in [0.3, 0.4) is 0 Å². The van der Waals surface area contributed by atoms with Crippen molar-refractivity contribution in [2.75, 3.05) is 6.54 Å². The molecule has 1 aromatic heterocycles. The van der Waals surface area contributed by atoms with Gasteiger partial charge in [-0.3, -0.25) is 0 Å². The van der Waals surface area contributed by atoms with Crippen molar-refractivity contribution in [3.8, 4) is 0 Å². The fourth-order valence-corrected chi connectivity index (χ4v) is 0.588. The van der Waals surface area contributed by atoms with Crippen molar-refractivity contribution < 1.29 is 5.11 Å². The minimum atomic E-state index is -0.735. The summed E-state index contributed by atoms with van der Waals surface area (Å²) < 4.78 is 0. The van der Waals surface area contributed by atoms with E-state index in [-0.39, 0.29) is 6.54 Å². The van der Waals surface area contributed by atoms with Crippen LogP contribution in [0.15, 0.2) is 18.5 Å². The third-order valence-electron chi connectivity index (χ3n) is 1.11. The molecule has 0 aliphatic heterocycles. The van der Waals surface area contributed by atoms with Crippen LogP contribution in [0.25, 0.3) is 0 Å². The van der Waals surface area contributed by atoms with Gasteiger partial charge in [-0.15, -0.1) is 0 Å². The van der Waals surface area contributed by atoms with Crippen LogP contribution in [-0.4, -0.2) is 21.6 Å². The lowest BCUT2D eigenvalue weighted by Gasteiger charge is -2.02. The fourth-order valence-electron chi connectivity index (χ4n) is 0.588. The van der Waals surface area contributed by atoms with E-state index in [9.17, 15) is 0 Å². The van der Waals surface area contributed by atoms with Crippen LogP contribution in [0.1, 0.15) is 11.9 Å². The first-order valence-electron chi connectivity index (χ1n) is 2.99. The van der Waals surface area contributed by atoms with E-state index in [1.807, 2.05) is 0 Å². The predicted octanol–water partition coefficient (Wildman–Crippen LogP) is -0.531. The maximum absolute atomic E-state index is 9.08. The number of hydrogen-bond acceptors (Lipinski definition) is 4. The summed E-state index contributed by atoms with van der Waals surface area (Å²) in [6, 6.07) is 1.69. The smallest absolute Gasteiger partial charge is 0.158 e. The van der Waals surface area contributed by atoms with E-state index in [0.717, 1.165) is 0 Å². The van der Waals surface area contributed by atoms with Gasteiger partial charge in [-0.1, -0.05) is 0 Å². The Labute approximate surface area is 58.7 Å². The summed E-state index contributed by atoms with van der Waals surface area (Å²) in [7, 11) is 0. The zero-order chi connectivity index (χ0) is 7.40. The molecular weight excluding hydrogens is 130 g/mol. The molecular formula is C6H9N3O. The molecule has 0 amide bonds. The predicted molar refractivity (Wildman–Crippen MR) is 36.0 cm³/mol. The van der Waals surface area contributed by atoms with E-state index in [0.29, 0.717) is 5.82 Å². The van der Waals surface area contributed by atoms with Gasteiger partial charge < -0.3 is 10.8 Å². The van der Waals surface area contributed by atoms with Crippen molar-refractivity contribution in [1.29, 1.82) is 0 Å². The number of aliphatic hydroxyl groups is 1. The van der Waals surface area contributed by atoms with Gasteiger partial charge in [0.15, 0.2) is 5.82 Å². The third-order valence-corrected chi connectivity index (χ3v) is 1.11. The van der Waals surface area contributed by atoms with E-state index in [4.69, 9.17) is 10.8 Å². The third kappa shape index (κ3) is 1.49. The molecule has 0 aliphatic carbocycles. The summed E-state index contributed by atoms with van der Waals surface area (Å²) in [5.74, 6) is 0.380. The van der Waals surface area contributed by atoms with Crippen molar-refractivity contribution in [3.05, 3.63) is 24.3 Å². The monoisotopic (exact) mass is 139 g/mol. The Bertz CT molecular complexity index is 189. The number of nitrogens with zero attached hydrogens (tertiary/aromatic N) is 2. The van der Waals surface area contributed by atoms with E-state index in [1.165, 1.54) is 0 Å². The first-order chi connectivity index (χ1) is 4.84. The van der Waals surface area contributed by atoms with Gasteiger partial charge >= 0.3 is 0 Å². The van der Waals surface area contributed by atoms with Crippen LogP contribution in [0.4, 0.5) is 0 Å². The number of hydrogen-bond donors (Lipinski definition) is 2. The maximum atomic E-state index is 9.08. The standard InChI is InChI=1S/C6H9N3O/c7-4-5(10)6-8-2-1-3-9-6/h1-3,5,10H,4,7H2/t5-/m1/s1. The molecule has 1 aromatic rings. The van der Waals surface area contributed by atoms with Crippen molar-refractivity contribution in [2.24, 2.45) is 5.73 Å². The van der Waals surface area contributed by atoms with Crippen LogP contribution in [0.5, 0.6) is 0 Å². The molecule has 3 N–H and O–H groups in total. The Kier molecular flexibility index (Phi) is 2.30. The van der Waals surface area contributed by atoms with Crippen LogP contribution < -0.4 is 5.73 Å². The molecule has 0 aliphatic rings. The quantitative estimate of drug-likeness (QED) is 0.577. The highest BCUT2D eigenvalue weighted by Gasteiger charge is 2.05. The molecule has 1 rings (SSSR count). The molecule has 0 saturated heterocycles. The summed E-state index contributed by atoms with van der Waals surface area (Å²) in [6.07, 6.45) is 2.41. The zero-order valence-electron chi connectivity index (χ0n) is 5.44. The summed E-state index contributed by atoms with van der Waals surface area (Å²) >= 11 is 0. The molecule has 0 fully saturated rings. The zero-order valence-corrected chi connectivity index (χ0v) is 5.44. The second kappa shape index (κ2) is 3.24. The summed E-state index contributed by atoms with van der Waals surface area (Å²) in [5, 5.41) is 9.08. The minimum absolute atomic E-state index is 0.157. The maximum Gasteiger partial charge on any atom is 0.158 e. The normalized spacial score (nSPS) is 13.0. The molecule has 10 heavy (non-hydrogen) atoms. The average Bonchev–Trinajstić information content (AvgIpc) is 2.05. The molecule has 0 radical (unpaired) electrons. The van der Waals surface area contributed by atoms with E-state index in [2.05, 4.69) is 9.97 Å².